The van der Waals surface area contributed by atoms with E-state index in [4.69, 9.17) is 15.2 Å². The molecule has 0 bridgehead atoms. The molecule has 1 aromatic rings. The number of hydrogen-bond acceptors (Lipinski definition) is 7. The first-order valence-corrected chi connectivity index (χ1v) is 11.0. The number of thioether (sulfide) groups is 1. The molecule has 158 valence electrons. The fraction of sp³-hybridized carbons (Fsp3) is 0.412. The van der Waals surface area contributed by atoms with E-state index in [-0.39, 0.29) is 41.9 Å². The smallest absolute Gasteiger partial charge is 0.255 e. The van der Waals surface area contributed by atoms with Gasteiger partial charge in [-0.2, -0.15) is 4.31 Å². The average Bonchev–Trinajstić information content (AvgIpc) is 3.13. The number of morpholine rings is 1. The van der Waals surface area contributed by atoms with Gasteiger partial charge >= 0.3 is 0 Å². The lowest BCUT2D eigenvalue weighted by Gasteiger charge is -2.26. The molecule has 2 atom stereocenters. The highest BCUT2D eigenvalue weighted by Gasteiger charge is 2.41. The van der Waals surface area contributed by atoms with E-state index in [2.05, 4.69) is 5.32 Å². The predicted octanol–water partition coefficient (Wildman–Crippen LogP) is 0.242. The summed E-state index contributed by atoms with van der Waals surface area (Å²) in [6, 6.07) is 3.38. The van der Waals surface area contributed by atoms with Gasteiger partial charge in [-0.05, 0) is 18.2 Å². The van der Waals surface area contributed by atoms with E-state index in [9.17, 15) is 22.4 Å². The Labute approximate surface area is 171 Å². The first kappa shape index (κ1) is 21.6. The molecular weight excluding hydrogens is 425 g/mol. The Balaban J connectivity index is 1.80. The molecule has 1 aromatic carbocycles. The van der Waals surface area contributed by atoms with Gasteiger partial charge in [0.1, 0.15) is 15.8 Å². The molecule has 2 amide bonds. The summed E-state index contributed by atoms with van der Waals surface area (Å²) in [7, 11) is -2.55. The van der Waals surface area contributed by atoms with Crippen LogP contribution < -0.4 is 15.8 Å². The average molecular weight is 445 g/mol. The summed E-state index contributed by atoms with van der Waals surface area (Å²) in [5, 5.41) is 1.66. The first-order chi connectivity index (χ1) is 13.7. The Bertz CT molecular complexity index is 946. The molecule has 0 saturated carbocycles. The van der Waals surface area contributed by atoms with Crippen LogP contribution in [0.4, 0.5) is 4.39 Å². The Morgan fingerprint density at radius 1 is 1.34 bits per heavy atom. The van der Waals surface area contributed by atoms with Crippen molar-refractivity contribution in [3.63, 3.8) is 0 Å². The number of methoxy groups -OCH3 is 1. The van der Waals surface area contributed by atoms with Crippen LogP contribution in [-0.4, -0.2) is 63.3 Å². The number of amides is 2. The third-order valence-corrected chi connectivity index (χ3v) is 8.10. The van der Waals surface area contributed by atoms with Crippen molar-refractivity contribution in [2.45, 2.75) is 5.37 Å². The van der Waals surface area contributed by atoms with Gasteiger partial charge in [-0.25, -0.2) is 12.8 Å². The highest BCUT2D eigenvalue weighted by atomic mass is 32.3. The summed E-state index contributed by atoms with van der Waals surface area (Å²) >= 11 is 0.830. The number of primary amides is 1. The van der Waals surface area contributed by atoms with Crippen molar-refractivity contribution in [1.82, 2.24) is 9.62 Å². The first-order valence-electron chi connectivity index (χ1n) is 8.64. The number of benzene rings is 1. The fourth-order valence-corrected chi connectivity index (χ4v) is 6.26. The van der Waals surface area contributed by atoms with Crippen LogP contribution in [0, 0.1) is 11.7 Å². The zero-order valence-corrected chi connectivity index (χ0v) is 17.1. The number of carbonyl (C=O) groups is 2. The molecule has 0 aromatic heterocycles. The van der Waals surface area contributed by atoms with Crippen molar-refractivity contribution in [2.75, 3.05) is 33.4 Å². The summed E-state index contributed by atoms with van der Waals surface area (Å²) in [4.78, 5) is 24.5. The van der Waals surface area contributed by atoms with Gasteiger partial charge in [-0.1, -0.05) is 11.8 Å². The van der Waals surface area contributed by atoms with Gasteiger partial charge in [-0.3, -0.25) is 9.59 Å². The third kappa shape index (κ3) is 4.55. The van der Waals surface area contributed by atoms with Gasteiger partial charge in [0.05, 0.1) is 37.2 Å². The van der Waals surface area contributed by atoms with Crippen LogP contribution in [0.2, 0.25) is 0 Å². The number of ether oxygens (including phenoxy) is 2. The van der Waals surface area contributed by atoms with E-state index < -0.39 is 38.9 Å². The van der Waals surface area contributed by atoms with Gasteiger partial charge in [0.25, 0.3) is 5.91 Å². The number of nitrogens with two attached hydrogens (primary N) is 1. The Morgan fingerprint density at radius 2 is 2.03 bits per heavy atom. The molecule has 9 nitrogen and oxygen atoms in total. The lowest BCUT2D eigenvalue weighted by molar-refractivity contribution is -0.120. The normalized spacial score (nSPS) is 22.8. The number of nitrogens with zero attached hydrogens (tertiary/aromatic N) is 1. The Morgan fingerprint density at radius 3 is 2.66 bits per heavy atom. The third-order valence-electron chi connectivity index (χ3n) is 4.46. The molecule has 12 heteroatoms. The van der Waals surface area contributed by atoms with Crippen molar-refractivity contribution in [3.05, 3.63) is 39.9 Å². The number of hydrogen-bond donors (Lipinski definition) is 2. The number of halogens is 1. The molecule has 2 heterocycles. The van der Waals surface area contributed by atoms with Gasteiger partial charge in [0.15, 0.2) is 0 Å². The van der Waals surface area contributed by atoms with Crippen LogP contribution in [0.5, 0.6) is 5.75 Å². The quantitative estimate of drug-likeness (QED) is 0.642. The van der Waals surface area contributed by atoms with Crippen LogP contribution in [0.15, 0.2) is 28.5 Å². The predicted molar refractivity (Wildman–Crippen MR) is 104 cm³/mol. The summed E-state index contributed by atoms with van der Waals surface area (Å²) in [5.74, 6) is -3.02. The van der Waals surface area contributed by atoms with E-state index in [1.807, 2.05) is 0 Å². The maximum atomic E-state index is 13.4. The zero-order chi connectivity index (χ0) is 21.2. The molecule has 3 N–H and O–H groups in total. The molecule has 1 fully saturated rings. The molecule has 29 heavy (non-hydrogen) atoms. The van der Waals surface area contributed by atoms with Crippen molar-refractivity contribution >= 4 is 33.6 Å². The van der Waals surface area contributed by atoms with Crippen molar-refractivity contribution in [3.8, 4) is 5.75 Å². The highest BCUT2D eigenvalue weighted by Crippen LogP contribution is 2.40. The fourth-order valence-electron chi connectivity index (χ4n) is 2.94. The summed E-state index contributed by atoms with van der Waals surface area (Å²) in [6.07, 6.45) is 1.25. The SMILES string of the molecule is COc1cc(F)ccc1C(=O)NC1SC(S(=O)(=O)N2CCOCC2)=CC1C(N)=O. The van der Waals surface area contributed by atoms with E-state index >= 15 is 0 Å². The minimum atomic E-state index is -3.84. The minimum Gasteiger partial charge on any atom is -0.496 e. The molecule has 0 aliphatic carbocycles. The van der Waals surface area contributed by atoms with Crippen LogP contribution in [0.1, 0.15) is 10.4 Å². The number of nitrogens with one attached hydrogen (secondary N) is 1. The zero-order valence-electron chi connectivity index (χ0n) is 15.5. The second-order valence-corrected chi connectivity index (χ2v) is 9.64. The van der Waals surface area contributed by atoms with Crippen LogP contribution in [0.3, 0.4) is 0 Å². The van der Waals surface area contributed by atoms with Gasteiger partial charge in [0.2, 0.25) is 15.9 Å². The van der Waals surface area contributed by atoms with Crippen molar-refractivity contribution < 1.29 is 31.9 Å². The standard InChI is InChI=1S/C17H20FN3O6S2/c1-26-13-8-10(18)2-3-11(13)16(23)20-17-12(15(19)22)9-14(28-17)29(24,25)21-4-6-27-7-5-21/h2-3,8-9,12,17H,4-7H2,1H3,(H2,19,22)(H,20,23). The van der Waals surface area contributed by atoms with Crippen molar-refractivity contribution in [1.29, 1.82) is 0 Å². The Kier molecular flexibility index (Phi) is 6.46. The van der Waals surface area contributed by atoms with Gasteiger partial charge in [0, 0.05) is 19.2 Å². The van der Waals surface area contributed by atoms with Crippen LogP contribution in [0.25, 0.3) is 0 Å². The lowest BCUT2D eigenvalue weighted by atomic mass is 10.1. The number of carbonyl (C=O) groups excluding carboxylic acids is 2. The molecule has 2 aliphatic heterocycles. The molecule has 1 saturated heterocycles. The number of rotatable bonds is 6. The monoisotopic (exact) mass is 445 g/mol. The van der Waals surface area contributed by atoms with Gasteiger partial charge < -0.3 is 20.5 Å². The maximum Gasteiger partial charge on any atom is 0.255 e. The maximum absolute atomic E-state index is 13.4. The van der Waals surface area contributed by atoms with Gasteiger partial charge in [-0.15, -0.1) is 0 Å². The largest absolute Gasteiger partial charge is 0.496 e. The molecule has 2 unspecified atom stereocenters. The summed E-state index contributed by atoms with van der Waals surface area (Å²) in [5.41, 5.74) is 5.46. The molecule has 3 rings (SSSR count). The Hall–Kier alpha value is -2.15. The summed E-state index contributed by atoms with van der Waals surface area (Å²) < 4.78 is 50.5. The van der Waals surface area contributed by atoms with Crippen molar-refractivity contribution in [2.24, 2.45) is 11.7 Å². The second-order valence-electron chi connectivity index (χ2n) is 6.29. The lowest BCUT2D eigenvalue weighted by Crippen LogP contribution is -2.41. The van der Waals surface area contributed by atoms with Crippen LogP contribution in [-0.2, 0) is 19.6 Å². The van der Waals surface area contributed by atoms with E-state index in [0.717, 1.165) is 23.9 Å². The summed E-state index contributed by atoms with van der Waals surface area (Å²) in [6.45, 7) is 0.957. The minimum absolute atomic E-state index is 0.00948. The number of sulfonamides is 1. The van der Waals surface area contributed by atoms with Crippen LogP contribution >= 0.6 is 11.8 Å². The second kappa shape index (κ2) is 8.69. The molecule has 0 radical (unpaired) electrons. The topological polar surface area (TPSA) is 128 Å². The molecular formula is C17H20FN3O6S2. The van der Waals surface area contributed by atoms with E-state index in [1.165, 1.54) is 23.6 Å². The van der Waals surface area contributed by atoms with E-state index in [0.29, 0.717) is 0 Å². The van der Waals surface area contributed by atoms with E-state index in [1.54, 1.807) is 0 Å². The highest BCUT2D eigenvalue weighted by molar-refractivity contribution is 8.18. The molecule has 2 aliphatic rings. The molecule has 0 spiro atoms.